The summed E-state index contributed by atoms with van der Waals surface area (Å²) in [6.07, 6.45) is 0. The van der Waals surface area contributed by atoms with Crippen molar-refractivity contribution in [3.8, 4) is 0 Å². The molecule has 108 valence electrons. The lowest BCUT2D eigenvalue weighted by molar-refractivity contribution is -0.125. The Kier molecular flexibility index (Phi) is 4.17. The third-order valence-electron chi connectivity index (χ3n) is 3.74. The van der Waals surface area contributed by atoms with E-state index in [0.29, 0.717) is 36.3 Å². The molecule has 1 aromatic rings. The van der Waals surface area contributed by atoms with Crippen molar-refractivity contribution < 1.29 is 9.53 Å². The van der Waals surface area contributed by atoms with Gasteiger partial charge in [-0.15, -0.1) is 0 Å². The van der Waals surface area contributed by atoms with Crippen LogP contribution in [-0.4, -0.2) is 43.2 Å². The zero-order valence-electron chi connectivity index (χ0n) is 10.9. The van der Waals surface area contributed by atoms with E-state index in [4.69, 9.17) is 27.9 Å². The summed E-state index contributed by atoms with van der Waals surface area (Å²) in [5.74, 6) is -0.0207. The number of benzene rings is 1. The van der Waals surface area contributed by atoms with Crippen LogP contribution in [0.4, 0.5) is 0 Å². The molecule has 6 heteroatoms. The van der Waals surface area contributed by atoms with Gasteiger partial charge in [0.05, 0.1) is 35.2 Å². The summed E-state index contributed by atoms with van der Waals surface area (Å²) >= 11 is 12.3. The molecule has 1 amide bonds. The molecule has 0 aliphatic carbocycles. The first-order chi connectivity index (χ1) is 9.63. The van der Waals surface area contributed by atoms with Crippen molar-refractivity contribution in [2.24, 2.45) is 5.92 Å². The summed E-state index contributed by atoms with van der Waals surface area (Å²) in [7, 11) is 0. The quantitative estimate of drug-likeness (QED) is 0.907. The molecule has 20 heavy (non-hydrogen) atoms. The Morgan fingerprint density at radius 2 is 2.15 bits per heavy atom. The number of rotatable bonds is 2. The van der Waals surface area contributed by atoms with E-state index < -0.39 is 0 Å². The summed E-state index contributed by atoms with van der Waals surface area (Å²) in [6.45, 7) is 3.21. The molecule has 4 nitrogen and oxygen atoms in total. The van der Waals surface area contributed by atoms with Gasteiger partial charge < -0.3 is 10.1 Å². The summed E-state index contributed by atoms with van der Waals surface area (Å²) < 4.78 is 5.52. The normalized spacial score (nSPS) is 27.0. The van der Waals surface area contributed by atoms with Crippen LogP contribution in [0.25, 0.3) is 0 Å². The minimum Gasteiger partial charge on any atom is -0.378 e. The number of fused-ring (bicyclic) bond motifs is 3. The molecule has 1 aromatic carbocycles. The van der Waals surface area contributed by atoms with E-state index in [9.17, 15) is 4.79 Å². The number of hydrogen-bond donors (Lipinski definition) is 1. The SMILES string of the molecule is O=C1N[C@@H]2COC[C@H]1CN(Cc1cccc(Cl)c1Cl)C2. The Bertz CT molecular complexity index is 524. The first-order valence-electron chi connectivity index (χ1n) is 6.67. The van der Waals surface area contributed by atoms with Gasteiger partial charge >= 0.3 is 0 Å². The summed E-state index contributed by atoms with van der Waals surface area (Å²) in [6, 6.07) is 5.70. The van der Waals surface area contributed by atoms with Crippen LogP contribution in [0.1, 0.15) is 5.56 Å². The number of amides is 1. The highest BCUT2D eigenvalue weighted by atomic mass is 35.5. The standard InChI is InChI=1S/C14H16Cl2N2O2/c15-12-3-1-2-9(13(12)16)4-18-5-10-7-20-8-11(6-18)17-14(10)19/h1-3,10-11H,4-8H2,(H,17,19)/t10-,11+/m1/s1. The number of nitrogens with one attached hydrogen (secondary N) is 1. The molecular weight excluding hydrogens is 299 g/mol. The molecule has 0 saturated carbocycles. The predicted molar refractivity (Wildman–Crippen MR) is 78.0 cm³/mol. The maximum Gasteiger partial charge on any atom is 0.227 e. The lowest BCUT2D eigenvalue weighted by atomic mass is 10.1. The summed E-state index contributed by atoms with van der Waals surface area (Å²) in [5.41, 5.74) is 0.993. The molecule has 0 spiro atoms. The van der Waals surface area contributed by atoms with Crippen LogP contribution in [-0.2, 0) is 16.1 Å². The molecule has 3 rings (SSSR count). The van der Waals surface area contributed by atoms with Crippen molar-refractivity contribution in [3.05, 3.63) is 33.8 Å². The fourth-order valence-electron chi connectivity index (χ4n) is 2.76. The van der Waals surface area contributed by atoms with Gasteiger partial charge in [0.2, 0.25) is 5.91 Å². The summed E-state index contributed by atoms with van der Waals surface area (Å²) in [5, 5.41) is 4.18. The van der Waals surface area contributed by atoms with Crippen LogP contribution in [0.2, 0.25) is 10.0 Å². The minimum atomic E-state index is -0.111. The molecule has 2 aliphatic rings. The van der Waals surface area contributed by atoms with Crippen LogP contribution in [0.15, 0.2) is 18.2 Å². The van der Waals surface area contributed by atoms with Crippen molar-refractivity contribution in [2.75, 3.05) is 26.3 Å². The van der Waals surface area contributed by atoms with Crippen LogP contribution in [0.3, 0.4) is 0 Å². The van der Waals surface area contributed by atoms with Gasteiger partial charge in [-0.2, -0.15) is 0 Å². The molecule has 2 bridgehead atoms. The van der Waals surface area contributed by atoms with Gasteiger partial charge in [-0.1, -0.05) is 35.3 Å². The third kappa shape index (κ3) is 2.93. The first-order valence-corrected chi connectivity index (χ1v) is 7.42. The smallest absolute Gasteiger partial charge is 0.227 e. The van der Waals surface area contributed by atoms with Gasteiger partial charge in [0.25, 0.3) is 0 Å². The monoisotopic (exact) mass is 314 g/mol. The number of hydrogen-bond acceptors (Lipinski definition) is 3. The van der Waals surface area contributed by atoms with E-state index in [2.05, 4.69) is 10.2 Å². The first kappa shape index (κ1) is 14.1. The zero-order chi connectivity index (χ0) is 14.1. The van der Waals surface area contributed by atoms with E-state index in [1.807, 2.05) is 12.1 Å². The van der Waals surface area contributed by atoms with Crippen molar-refractivity contribution in [3.63, 3.8) is 0 Å². The van der Waals surface area contributed by atoms with Gasteiger partial charge in [0.15, 0.2) is 0 Å². The fourth-order valence-corrected chi connectivity index (χ4v) is 3.14. The van der Waals surface area contributed by atoms with Crippen molar-refractivity contribution in [1.82, 2.24) is 10.2 Å². The van der Waals surface area contributed by atoms with Gasteiger partial charge in [0.1, 0.15) is 0 Å². The van der Waals surface area contributed by atoms with Crippen molar-refractivity contribution in [1.29, 1.82) is 0 Å². The Morgan fingerprint density at radius 1 is 1.30 bits per heavy atom. The largest absolute Gasteiger partial charge is 0.378 e. The molecule has 2 aliphatic heterocycles. The number of ether oxygens (including phenoxy) is 1. The molecule has 2 fully saturated rings. The number of nitrogens with zero attached hydrogens (tertiary/aromatic N) is 1. The summed E-state index contributed by atoms with van der Waals surface area (Å²) in [4.78, 5) is 14.2. The lowest BCUT2D eigenvalue weighted by Crippen LogP contribution is -2.41. The van der Waals surface area contributed by atoms with Crippen LogP contribution in [0, 0.1) is 5.92 Å². The fraction of sp³-hybridized carbons (Fsp3) is 0.500. The maximum atomic E-state index is 11.9. The van der Waals surface area contributed by atoms with Gasteiger partial charge in [-0.25, -0.2) is 0 Å². The molecule has 0 aromatic heterocycles. The molecule has 0 radical (unpaired) electrons. The minimum absolute atomic E-state index is 0.0490. The van der Waals surface area contributed by atoms with Crippen LogP contribution < -0.4 is 5.32 Å². The number of halogens is 2. The molecular formula is C14H16Cl2N2O2. The van der Waals surface area contributed by atoms with Gasteiger partial charge in [-0.05, 0) is 11.6 Å². The second kappa shape index (κ2) is 5.90. The molecule has 2 atom stereocenters. The number of carbonyl (C=O) groups excluding carboxylic acids is 1. The van der Waals surface area contributed by atoms with E-state index in [1.165, 1.54) is 0 Å². The van der Waals surface area contributed by atoms with E-state index in [-0.39, 0.29) is 17.9 Å². The Balaban J connectivity index is 1.77. The second-order valence-corrected chi connectivity index (χ2v) is 6.13. The Hall–Kier alpha value is -0.810. The highest BCUT2D eigenvalue weighted by Gasteiger charge is 2.33. The lowest BCUT2D eigenvalue weighted by Gasteiger charge is -2.27. The highest BCUT2D eigenvalue weighted by molar-refractivity contribution is 6.42. The maximum absolute atomic E-state index is 11.9. The van der Waals surface area contributed by atoms with Crippen molar-refractivity contribution >= 4 is 29.1 Å². The molecule has 2 saturated heterocycles. The van der Waals surface area contributed by atoms with Crippen LogP contribution >= 0.6 is 23.2 Å². The van der Waals surface area contributed by atoms with E-state index in [1.54, 1.807) is 6.07 Å². The zero-order valence-corrected chi connectivity index (χ0v) is 12.5. The molecule has 0 unspecified atom stereocenters. The third-order valence-corrected chi connectivity index (χ3v) is 4.60. The van der Waals surface area contributed by atoms with E-state index in [0.717, 1.165) is 12.1 Å². The molecule has 1 N–H and O–H groups in total. The van der Waals surface area contributed by atoms with Crippen molar-refractivity contribution in [2.45, 2.75) is 12.6 Å². The second-order valence-electron chi connectivity index (χ2n) is 5.35. The Morgan fingerprint density at radius 3 is 3.00 bits per heavy atom. The average Bonchev–Trinajstić information content (AvgIpc) is 2.64. The number of carbonyl (C=O) groups is 1. The van der Waals surface area contributed by atoms with Crippen LogP contribution in [0.5, 0.6) is 0 Å². The highest BCUT2D eigenvalue weighted by Crippen LogP contribution is 2.27. The van der Waals surface area contributed by atoms with Gasteiger partial charge in [-0.3, -0.25) is 9.69 Å². The topological polar surface area (TPSA) is 41.6 Å². The predicted octanol–water partition coefficient (Wildman–Crippen LogP) is 1.94. The average molecular weight is 315 g/mol. The Labute approximate surface area is 128 Å². The molecule has 2 heterocycles. The van der Waals surface area contributed by atoms with E-state index >= 15 is 0 Å². The van der Waals surface area contributed by atoms with Gasteiger partial charge in [0, 0.05) is 19.6 Å².